The van der Waals surface area contributed by atoms with Gasteiger partial charge in [0.25, 0.3) is 5.91 Å². The van der Waals surface area contributed by atoms with E-state index in [1.54, 1.807) is 42.5 Å². The highest BCUT2D eigenvalue weighted by atomic mass is 32.2. The Kier molecular flexibility index (Phi) is 8.52. The van der Waals surface area contributed by atoms with Crippen LogP contribution in [0.5, 0.6) is 11.5 Å². The van der Waals surface area contributed by atoms with Gasteiger partial charge in [0.1, 0.15) is 0 Å². The maximum absolute atomic E-state index is 13.1. The third-order valence-electron chi connectivity index (χ3n) is 5.85. The van der Waals surface area contributed by atoms with Gasteiger partial charge in [0.15, 0.2) is 22.5 Å². The number of nitrogens with zero attached hydrogens (tertiary/aromatic N) is 3. The van der Waals surface area contributed by atoms with Crippen molar-refractivity contribution >= 4 is 35.2 Å². The predicted octanol–water partition coefficient (Wildman–Crippen LogP) is 3.67. The molecule has 12 heteroatoms. The summed E-state index contributed by atoms with van der Waals surface area (Å²) in [5.41, 5.74) is 1.41. The van der Waals surface area contributed by atoms with Gasteiger partial charge in [-0.3, -0.25) is 9.59 Å². The van der Waals surface area contributed by atoms with Gasteiger partial charge in [-0.2, -0.15) is 0 Å². The molecule has 0 saturated heterocycles. The Bertz CT molecular complexity index is 1320. The summed E-state index contributed by atoms with van der Waals surface area (Å²) in [5.74, 6) is 0.939. The molecular formula is C26H29N5O6S. The Morgan fingerprint density at radius 3 is 2.45 bits per heavy atom. The van der Waals surface area contributed by atoms with Crippen LogP contribution in [-0.2, 0) is 16.1 Å². The molecule has 0 aliphatic carbocycles. The van der Waals surface area contributed by atoms with Gasteiger partial charge >= 0.3 is 5.97 Å². The summed E-state index contributed by atoms with van der Waals surface area (Å²) in [4.78, 5) is 37.2. The first-order valence-corrected chi connectivity index (χ1v) is 13.0. The first-order chi connectivity index (χ1) is 18.3. The van der Waals surface area contributed by atoms with E-state index in [4.69, 9.17) is 9.47 Å². The molecule has 2 heterocycles. The Morgan fingerprint density at radius 2 is 1.76 bits per heavy atom. The van der Waals surface area contributed by atoms with Crippen LogP contribution in [0.4, 0.5) is 5.69 Å². The number of ether oxygens (including phenoxy) is 3. The second-order valence-electron chi connectivity index (χ2n) is 8.75. The van der Waals surface area contributed by atoms with E-state index in [-0.39, 0.29) is 30.3 Å². The van der Waals surface area contributed by atoms with Gasteiger partial charge in [0, 0.05) is 17.8 Å². The molecule has 2 amide bonds. The number of methoxy groups -OCH3 is 1. The van der Waals surface area contributed by atoms with Crippen LogP contribution in [0.3, 0.4) is 0 Å². The van der Waals surface area contributed by atoms with Gasteiger partial charge < -0.3 is 29.4 Å². The molecule has 1 aliphatic rings. The largest absolute Gasteiger partial charge is 0.465 e. The number of amides is 2. The van der Waals surface area contributed by atoms with Crippen molar-refractivity contribution in [3.05, 3.63) is 59.4 Å². The van der Waals surface area contributed by atoms with E-state index >= 15 is 0 Å². The molecule has 0 radical (unpaired) electrons. The van der Waals surface area contributed by atoms with Crippen molar-refractivity contribution in [3.63, 3.8) is 0 Å². The number of fused-ring (bicyclic) bond motifs is 1. The fourth-order valence-corrected chi connectivity index (χ4v) is 4.67. The zero-order valence-corrected chi connectivity index (χ0v) is 22.3. The van der Waals surface area contributed by atoms with Gasteiger partial charge in [-0.1, -0.05) is 25.6 Å². The Balaban J connectivity index is 1.41. The number of hydrogen-bond acceptors (Lipinski definition) is 9. The van der Waals surface area contributed by atoms with Gasteiger partial charge in [0.2, 0.25) is 12.7 Å². The molecule has 1 aromatic heterocycles. The third-order valence-corrected chi connectivity index (χ3v) is 6.82. The van der Waals surface area contributed by atoms with Crippen molar-refractivity contribution in [1.29, 1.82) is 0 Å². The smallest absolute Gasteiger partial charge is 0.337 e. The molecule has 1 unspecified atom stereocenters. The molecule has 11 nitrogen and oxygen atoms in total. The maximum atomic E-state index is 13.1. The van der Waals surface area contributed by atoms with Crippen LogP contribution in [0.2, 0.25) is 0 Å². The van der Waals surface area contributed by atoms with Gasteiger partial charge in [-0.05, 0) is 55.3 Å². The van der Waals surface area contributed by atoms with Crippen molar-refractivity contribution in [2.24, 2.45) is 5.92 Å². The monoisotopic (exact) mass is 539 g/mol. The van der Waals surface area contributed by atoms with Crippen molar-refractivity contribution in [3.8, 4) is 11.5 Å². The average Bonchev–Trinajstić information content (AvgIpc) is 3.56. The lowest BCUT2D eigenvalue weighted by Crippen LogP contribution is -2.33. The molecule has 1 aliphatic heterocycles. The van der Waals surface area contributed by atoms with Crippen molar-refractivity contribution in [1.82, 2.24) is 20.1 Å². The second-order valence-corrected chi connectivity index (χ2v) is 9.70. The summed E-state index contributed by atoms with van der Waals surface area (Å²) in [6, 6.07) is 11.1. The third kappa shape index (κ3) is 6.08. The Labute approximate surface area is 224 Å². The lowest BCUT2D eigenvalue weighted by atomic mass is 10.0. The summed E-state index contributed by atoms with van der Waals surface area (Å²) in [5, 5.41) is 15.1. The summed E-state index contributed by atoms with van der Waals surface area (Å²) in [6.45, 7) is 6.63. The highest BCUT2D eigenvalue weighted by Gasteiger charge is 2.27. The minimum Gasteiger partial charge on any atom is -0.465 e. The number of aromatic nitrogens is 3. The highest BCUT2D eigenvalue weighted by Crippen LogP contribution is 2.33. The van der Waals surface area contributed by atoms with Crippen LogP contribution >= 0.6 is 11.8 Å². The molecule has 0 fully saturated rings. The van der Waals surface area contributed by atoms with Gasteiger partial charge in [-0.25, -0.2) is 4.79 Å². The lowest BCUT2D eigenvalue weighted by Gasteiger charge is -2.22. The number of rotatable bonds is 10. The number of carbonyl (C=O) groups excluding carboxylic acids is 3. The number of hydrogen-bond donors (Lipinski definition) is 2. The predicted molar refractivity (Wildman–Crippen MR) is 140 cm³/mol. The SMILES string of the molecule is CCn1c(SCC(=O)Nc2ccc(C(=O)OC)cc2)nnc1C(NC(=O)c1ccc2c(c1)OCO2)C(C)C. The molecule has 0 spiro atoms. The number of thioether (sulfide) groups is 1. The van der Waals surface area contributed by atoms with E-state index in [1.807, 2.05) is 25.3 Å². The molecule has 0 bridgehead atoms. The minimum atomic E-state index is -0.445. The summed E-state index contributed by atoms with van der Waals surface area (Å²) < 4.78 is 17.3. The standard InChI is InChI=1S/C26H29N5O6S/c1-5-31-23(22(15(2)3)28-24(33)17-8-11-19-20(12-17)37-14-36-19)29-30-26(31)38-13-21(32)27-18-9-6-16(7-10-18)25(34)35-4/h6-12,15,22H,5,13-14H2,1-4H3,(H,27,32)(H,28,33). The van der Waals surface area contributed by atoms with E-state index in [0.29, 0.717) is 45.8 Å². The maximum Gasteiger partial charge on any atom is 0.337 e. The summed E-state index contributed by atoms with van der Waals surface area (Å²) in [7, 11) is 1.31. The van der Waals surface area contributed by atoms with E-state index < -0.39 is 12.0 Å². The van der Waals surface area contributed by atoms with Crippen LogP contribution in [0.25, 0.3) is 0 Å². The highest BCUT2D eigenvalue weighted by molar-refractivity contribution is 7.99. The molecular weight excluding hydrogens is 510 g/mol. The fraction of sp³-hybridized carbons (Fsp3) is 0.346. The van der Waals surface area contributed by atoms with Gasteiger partial charge in [0.05, 0.1) is 24.5 Å². The van der Waals surface area contributed by atoms with Crippen LogP contribution in [-0.4, -0.2) is 52.2 Å². The van der Waals surface area contributed by atoms with Crippen molar-refractivity contribution < 1.29 is 28.6 Å². The lowest BCUT2D eigenvalue weighted by molar-refractivity contribution is -0.113. The molecule has 2 N–H and O–H groups in total. The van der Waals surface area contributed by atoms with Crippen LogP contribution < -0.4 is 20.1 Å². The van der Waals surface area contributed by atoms with E-state index in [2.05, 4.69) is 25.6 Å². The van der Waals surface area contributed by atoms with Crippen LogP contribution in [0, 0.1) is 5.92 Å². The zero-order valence-electron chi connectivity index (χ0n) is 21.5. The van der Waals surface area contributed by atoms with Crippen LogP contribution in [0.1, 0.15) is 53.4 Å². The normalized spacial score (nSPS) is 12.8. The zero-order chi connectivity index (χ0) is 27.2. The number of carbonyl (C=O) groups is 3. The molecule has 38 heavy (non-hydrogen) atoms. The van der Waals surface area contributed by atoms with Crippen molar-refractivity contribution in [2.45, 2.75) is 38.5 Å². The number of anilines is 1. The van der Waals surface area contributed by atoms with Crippen molar-refractivity contribution in [2.75, 3.05) is 25.0 Å². The topological polar surface area (TPSA) is 134 Å². The Hall–Kier alpha value is -4.06. The van der Waals surface area contributed by atoms with E-state index in [9.17, 15) is 14.4 Å². The van der Waals surface area contributed by atoms with Gasteiger partial charge in [-0.15, -0.1) is 10.2 Å². The molecule has 200 valence electrons. The first-order valence-electron chi connectivity index (χ1n) is 12.0. The molecule has 0 saturated carbocycles. The van der Waals surface area contributed by atoms with Crippen LogP contribution in [0.15, 0.2) is 47.6 Å². The van der Waals surface area contributed by atoms with E-state index in [0.717, 1.165) is 0 Å². The molecule has 2 aromatic carbocycles. The molecule has 4 rings (SSSR count). The minimum absolute atomic E-state index is 0.0246. The number of benzene rings is 2. The fourth-order valence-electron chi connectivity index (χ4n) is 3.86. The number of nitrogens with one attached hydrogen (secondary N) is 2. The number of esters is 1. The quantitative estimate of drug-likeness (QED) is 0.292. The average molecular weight is 540 g/mol. The Morgan fingerprint density at radius 1 is 1.05 bits per heavy atom. The van der Waals surface area contributed by atoms with E-state index in [1.165, 1.54) is 18.9 Å². The summed E-state index contributed by atoms with van der Waals surface area (Å²) >= 11 is 1.25. The summed E-state index contributed by atoms with van der Waals surface area (Å²) in [6.07, 6.45) is 0. The first kappa shape index (κ1) is 27.0. The molecule has 1 atom stereocenters. The second kappa shape index (κ2) is 12.0. The molecule has 3 aromatic rings.